The van der Waals surface area contributed by atoms with E-state index in [1.165, 1.54) is 4.68 Å². The summed E-state index contributed by atoms with van der Waals surface area (Å²) in [4.78, 5) is 22.8. The van der Waals surface area contributed by atoms with E-state index >= 15 is 0 Å². The van der Waals surface area contributed by atoms with Gasteiger partial charge in [-0.2, -0.15) is 15.1 Å². The number of nitrogens with zero attached hydrogens (tertiary/aromatic N) is 5. The molecule has 1 aromatic heterocycles. The third kappa shape index (κ3) is 2.01. The van der Waals surface area contributed by atoms with Gasteiger partial charge in [-0.1, -0.05) is 12.1 Å². The Morgan fingerprint density at radius 1 is 1.37 bits per heavy atom. The Hall–Kier alpha value is -2.83. The number of carbonyl (C=O) groups is 1. The Kier molecular flexibility index (Phi) is 2.45. The van der Waals surface area contributed by atoms with Crippen LogP contribution in [0.3, 0.4) is 0 Å². The van der Waals surface area contributed by atoms with E-state index in [1.54, 1.807) is 30.6 Å². The summed E-state index contributed by atoms with van der Waals surface area (Å²) in [5.41, 5.74) is 7.17. The van der Waals surface area contributed by atoms with Crippen LogP contribution in [0.5, 0.6) is 0 Å². The minimum Gasteiger partial charge on any atom is -0.368 e. The molecule has 0 fully saturated rings. The lowest BCUT2D eigenvalue weighted by Gasteiger charge is -1.95. The standard InChI is InChI=1S/C12H10N6O/c1-7-6-18(11(13)15-7)14-5-8-3-2-4-9-10(8)17-12(19)16-9/h2-6H,1H3,(H2,13,15). The van der Waals surface area contributed by atoms with E-state index in [4.69, 9.17) is 5.73 Å². The van der Waals surface area contributed by atoms with Gasteiger partial charge in [0.1, 0.15) is 5.36 Å². The van der Waals surface area contributed by atoms with Gasteiger partial charge in [0, 0.05) is 5.56 Å². The Labute approximate surface area is 107 Å². The highest BCUT2D eigenvalue weighted by molar-refractivity contribution is 5.83. The lowest BCUT2D eigenvalue weighted by atomic mass is 10.2. The van der Waals surface area contributed by atoms with E-state index in [-0.39, 0.29) is 0 Å². The van der Waals surface area contributed by atoms with E-state index in [2.05, 4.69) is 20.1 Å². The molecule has 2 N–H and O–H groups in total. The zero-order valence-electron chi connectivity index (χ0n) is 10.1. The predicted octanol–water partition coefficient (Wildman–Crippen LogP) is 0.0287. The quantitative estimate of drug-likeness (QED) is 0.765. The molecular formula is C12H10N6O. The molecule has 7 nitrogen and oxygen atoms in total. The highest BCUT2D eigenvalue weighted by Gasteiger charge is 2.07. The summed E-state index contributed by atoms with van der Waals surface area (Å²) in [5, 5.41) is 5.28. The maximum Gasteiger partial charge on any atom is 0.368 e. The molecule has 0 saturated heterocycles. The number of aryl methyl sites for hydroxylation is 1. The summed E-state index contributed by atoms with van der Waals surface area (Å²) in [6.45, 7) is 1.83. The average Bonchev–Trinajstić information content (AvgIpc) is 2.88. The summed E-state index contributed by atoms with van der Waals surface area (Å²) >= 11 is 0. The third-order valence-electron chi connectivity index (χ3n) is 2.63. The number of fused-ring (bicyclic) bond motifs is 1. The summed E-state index contributed by atoms with van der Waals surface area (Å²) in [6, 6.07) is 4.84. The number of para-hydroxylation sites is 1. The van der Waals surface area contributed by atoms with Crippen LogP contribution < -0.4 is 16.4 Å². The number of aromatic nitrogens is 2. The van der Waals surface area contributed by atoms with Crippen LogP contribution in [-0.2, 0) is 0 Å². The van der Waals surface area contributed by atoms with Gasteiger partial charge < -0.3 is 5.73 Å². The van der Waals surface area contributed by atoms with Crippen LogP contribution in [0.15, 0.2) is 39.5 Å². The highest BCUT2D eigenvalue weighted by Crippen LogP contribution is 2.02. The maximum atomic E-state index is 11.2. The molecule has 94 valence electrons. The second-order valence-corrected chi connectivity index (χ2v) is 4.05. The average molecular weight is 254 g/mol. The molecule has 3 rings (SSSR count). The Morgan fingerprint density at radius 2 is 2.21 bits per heavy atom. The van der Waals surface area contributed by atoms with Crippen molar-refractivity contribution in [1.29, 1.82) is 0 Å². The highest BCUT2D eigenvalue weighted by atomic mass is 16.2. The van der Waals surface area contributed by atoms with Crippen LogP contribution in [0.25, 0.3) is 0 Å². The minimum atomic E-state index is -0.492. The van der Waals surface area contributed by atoms with Crippen molar-refractivity contribution in [3.8, 4) is 0 Å². The summed E-state index contributed by atoms with van der Waals surface area (Å²) in [7, 11) is 0. The molecule has 0 atom stereocenters. The summed E-state index contributed by atoms with van der Waals surface area (Å²) in [6.07, 6.45) is 3.29. The van der Waals surface area contributed by atoms with E-state index in [0.717, 1.165) is 5.69 Å². The fourth-order valence-electron chi connectivity index (χ4n) is 1.81. The van der Waals surface area contributed by atoms with Crippen molar-refractivity contribution in [3.63, 3.8) is 0 Å². The number of nitrogen functional groups attached to an aromatic ring is 1. The van der Waals surface area contributed by atoms with Gasteiger partial charge in [-0.05, 0) is 13.0 Å². The third-order valence-corrected chi connectivity index (χ3v) is 2.63. The fourth-order valence-corrected chi connectivity index (χ4v) is 1.81. The van der Waals surface area contributed by atoms with Gasteiger partial charge in [0.05, 0.1) is 23.5 Å². The smallest absolute Gasteiger partial charge is 0.368 e. The molecule has 7 heteroatoms. The molecule has 1 aliphatic heterocycles. The Bertz CT molecular complexity index is 817. The van der Waals surface area contributed by atoms with Crippen LogP contribution in [0.2, 0.25) is 0 Å². The Balaban J connectivity index is 2.05. The van der Waals surface area contributed by atoms with Crippen LogP contribution in [0, 0.1) is 6.92 Å². The zero-order valence-corrected chi connectivity index (χ0v) is 10.1. The van der Waals surface area contributed by atoms with Gasteiger partial charge in [-0.15, -0.1) is 0 Å². The monoisotopic (exact) mass is 254 g/mol. The number of imidazole rings is 1. The van der Waals surface area contributed by atoms with Crippen LogP contribution in [0.1, 0.15) is 11.3 Å². The molecule has 19 heavy (non-hydrogen) atoms. The van der Waals surface area contributed by atoms with Crippen molar-refractivity contribution in [2.45, 2.75) is 6.92 Å². The molecule has 0 saturated carbocycles. The SMILES string of the molecule is Cc1cn(N=Cc2cccc3c2=NC(=O)N=3)c(N)n1. The first-order valence-electron chi connectivity index (χ1n) is 5.60. The van der Waals surface area contributed by atoms with Gasteiger partial charge in [0.2, 0.25) is 5.95 Å². The van der Waals surface area contributed by atoms with Crippen molar-refractivity contribution in [2.24, 2.45) is 15.1 Å². The number of amides is 2. The number of urea groups is 1. The molecule has 2 amide bonds. The molecule has 2 heterocycles. The first-order chi connectivity index (χ1) is 9.13. The number of rotatable bonds is 2. The predicted molar refractivity (Wildman–Crippen MR) is 68.5 cm³/mol. The first-order valence-corrected chi connectivity index (χ1v) is 5.60. The molecule has 0 radical (unpaired) electrons. The van der Waals surface area contributed by atoms with Gasteiger partial charge in [0.15, 0.2) is 0 Å². The van der Waals surface area contributed by atoms with E-state index in [0.29, 0.717) is 22.2 Å². The second kappa shape index (κ2) is 4.13. The topological polar surface area (TPSA) is 98.0 Å². The van der Waals surface area contributed by atoms with Crippen molar-refractivity contribution in [1.82, 2.24) is 9.66 Å². The van der Waals surface area contributed by atoms with E-state index < -0.39 is 6.03 Å². The summed E-state index contributed by atoms with van der Waals surface area (Å²) < 4.78 is 1.46. The number of hydrogen-bond donors (Lipinski definition) is 1. The van der Waals surface area contributed by atoms with Gasteiger partial charge in [-0.3, -0.25) is 0 Å². The van der Waals surface area contributed by atoms with Crippen molar-refractivity contribution in [2.75, 3.05) is 5.73 Å². The molecular weight excluding hydrogens is 244 g/mol. The summed E-state index contributed by atoms with van der Waals surface area (Å²) in [5.74, 6) is 0.305. The van der Waals surface area contributed by atoms with E-state index in [9.17, 15) is 4.79 Å². The largest absolute Gasteiger partial charge is 0.368 e. The Morgan fingerprint density at radius 3 is 2.95 bits per heavy atom. The molecule has 0 aliphatic carbocycles. The minimum absolute atomic E-state index is 0.305. The molecule has 1 aliphatic rings. The van der Waals surface area contributed by atoms with Crippen molar-refractivity contribution < 1.29 is 4.79 Å². The van der Waals surface area contributed by atoms with E-state index in [1.807, 2.05) is 6.92 Å². The first kappa shape index (κ1) is 11.3. The number of benzene rings is 1. The molecule has 0 unspecified atom stereocenters. The van der Waals surface area contributed by atoms with Gasteiger partial charge in [0.25, 0.3) is 0 Å². The molecule has 1 aromatic carbocycles. The normalized spacial score (nSPS) is 13.4. The number of nitrogens with two attached hydrogens (primary N) is 1. The zero-order chi connectivity index (χ0) is 13.4. The fraction of sp³-hybridized carbons (Fsp3) is 0.0833. The van der Waals surface area contributed by atoms with Crippen LogP contribution >= 0.6 is 0 Å². The lowest BCUT2D eigenvalue weighted by molar-refractivity contribution is 0.256. The number of carbonyl (C=O) groups excluding carboxylic acids is 1. The van der Waals surface area contributed by atoms with Crippen LogP contribution in [-0.4, -0.2) is 21.9 Å². The maximum absolute atomic E-state index is 11.2. The van der Waals surface area contributed by atoms with Crippen molar-refractivity contribution >= 4 is 18.2 Å². The number of hydrogen-bond acceptors (Lipinski definition) is 4. The molecule has 2 aromatic rings. The van der Waals surface area contributed by atoms with Gasteiger partial charge >= 0.3 is 6.03 Å². The van der Waals surface area contributed by atoms with Gasteiger partial charge in [-0.25, -0.2) is 14.5 Å². The molecule has 0 bridgehead atoms. The number of anilines is 1. The van der Waals surface area contributed by atoms with Crippen molar-refractivity contribution in [3.05, 3.63) is 46.4 Å². The molecule has 0 spiro atoms. The lowest BCUT2D eigenvalue weighted by Crippen LogP contribution is -2.25. The second-order valence-electron chi connectivity index (χ2n) is 4.05. The van der Waals surface area contributed by atoms with Crippen LogP contribution in [0.4, 0.5) is 10.7 Å².